The number of benzene rings is 1. The number of amidine groups is 1. The Balaban J connectivity index is 2.10. The third-order valence-electron chi connectivity index (χ3n) is 3.20. The first-order valence-electron chi connectivity index (χ1n) is 6.59. The molecule has 1 fully saturated rings. The Bertz CT molecular complexity index is 493. The molecule has 0 radical (unpaired) electrons. The van der Waals surface area contributed by atoms with E-state index in [9.17, 15) is 4.79 Å². The third kappa shape index (κ3) is 3.38. The highest BCUT2D eigenvalue weighted by molar-refractivity contribution is 8.15. The quantitative estimate of drug-likeness (QED) is 0.920. The third-order valence-corrected chi connectivity index (χ3v) is 4.65. The maximum atomic E-state index is 11.8. The number of thioether (sulfide) groups is 1. The predicted octanol–water partition coefficient (Wildman–Crippen LogP) is 3.30. The monoisotopic (exact) mass is 276 g/mol. The number of carbonyl (C=O) groups is 1. The molecule has 1 heterocycles. The first-order chi connectivity index (χ1) is 8.97. The van der Waals surface area contributed by atoms with Gasteiger partial charge in [-0.25, -0.2) is 0 Å². The van der Waals surface area contributed by atoms with Crippen molar-refractivity contribution in [2.45, 2.75) is 39.0 Å². The van der Waals surface area contributed by atoms with Crippen molar-refractivity contribution in [2.75, 3.05) is 0 Å². The topological polar surface area (TPSA) is 41.5 Å². The average Bonchev–Trinajstić information content (AvgIpc) is 2.71. The van der Waals surface area contributed by atoms with Crippen LogP contribution >= 0.6 is 11.8 Å². The molecule has 0 spiro atoms. The molecule has 1 aliphatic heterocycles. The van der Waals surface area contributed by atoms with Gasteiger partial charge in [0.25, 0.3) is 0 Å². The van der Waals surface area contributed by atoms with Crippen molar-refractivity contribution in [3.8, 4) is 0 Å². The molecule has 1 aliphatic rings. The van der Waals surface area contributed by atoms with Gasteiger partial charge in [0.05, 0.1) is 11.3 Å². The van der Waals surface area contributed by atoms with Crippen molar-refractivity contribution < 1.29 is 4.79 Å². The molecule has 0 saturated carbocycles. The highest BCUT2D eigenvalue weighted by atomic mass is 32.2. The minimum atomic E-state index is -0.0102. The number of hydrogen-bond acceptors (Lipinski definition) is 3. The van der Waals surface area contributed by atoms with Gasteiger partial charge in [-0.05, 0) is 25.3 Å². The zero-order valence-corrected chi connectivity index (χ0v) is 12.6. The molecule has 1 aromatic rings. The molecule has 19 heavy (non-hydrogen) atoms. The minimum absolute atomic E-state index is 0.0102. The van der Waals surface area contributed by atoms with E-state index in [1.807, 2.05) is 6.92 Å². The van der Waals surface area contributed by atoms with Crippen LogP contribution in [0.3, 0.4) is 0 Å². The molecule has 4 heteroatoms. The summed E-state index contributed by atoms with van der Waals surface area (Å²) in [5.74, 6) is 0.405. The summed E-state index contributed by atoms with van der Waals surface area (Å²) in [4.78, 5) is 16.4. The van der Waals surface area contributed by atoms with E-state index in [1.54, 1.807) is 11.8 Å². The normalized spacial score (nSPS) is 22.9. The van der Waals surface area contributed by atoms with Crippen LogP contribution in [-0.4, -0.2) is 16.3 Å². The van der Waals surface area contributed by atoms with Gasteiger partial charge in [-0.2, -0.15) is 0 Å². The van der Waals surface area contributed by atoms with E-state index < -0.39 is 0 Å². The Morgan fingerprint density at radius 3 is 2.37 bits per heavy atom. The lowest BCUT2D eigenvalue weighted by Crippen LogP contribution is -2.27. The fourth-order valence-electron chi connectivity index (χ4n) is 1.98. The van der Waals surface area contributed by atoms with Gasteiger partial charge in [-0.3, -0.25) is 9.79 Å². The van der Waals surface area contributed by atoms with Gasteiger partial charge in [0.2, 0.25) is 5.91 Å². The first kappa shape index (κ1) is 14.1. The van der Waals surface area contributed by atoms with E-state index >= 15 is 0 Å². The molecule has 0 unspecified atom stereocenters. The molecular formula is C15H20N2OS. The SMILES string of the molecule is Cc1ccc([C@@H](C)N=C2NC(=O)[C@H](C(C)C)S2)cc1. The van der Waals surface area contributed by atoms with E-state index in [0.717, 1.165) is 5.17 Å². The predicted molar refractivity (Wildman–Crippen MR) is 81.4 cm³/mol. The summed E-state index contributed by atoms with van der Waals surface area (Å²) in [6, 6.07) is 8.41. The summed E-state index contributed by atoms with van der Waals surface area (Å²) in [7, 11) is 0. The smallest absolute Gasteiger partial charge is 0.239 e. The van der Waals surface area contributed by atoms with Gasteiger partial charge in [0.15, 0.2) is 5.17 Å². The molecule has 102 valence electrons. The Hall–Kier alpha value is -1.29. The van der Waals surface area contributed by atoms with Gasteiger partial charge in [-0.1, -0.05) is 55.4 Å². The van der Waals surface area contributed by atoms with Crippen LogP contribution in [0.2, 0.25) is 0 Å². The largest absolute Gasteiger partial charge is 0.304 e. The molecule has 1 N–H and O–H groups in total. The lowest BCUT2D eigenvalue weighted by Gasteiger charge is -2.09. The van der Waals surface area contributed by atoms with Crippen LogP contribution in [0.1, 0.15) is 37.9 Å². The summed E-state index contributed by atoms with van der Waals surface area (Å²) in [6.45, 7) is 8.24. The molecule has 0 aromatic heterocycles. The van der Waals surface area contributed by atoms with Crippen LogP contribution in [0.5, 0.6) is 0 Å². The highest BCUT2D eigenvalue weighted by Gasteiger charge is 2.32. The van der Waals surface area contributed by atoms with Crippen LogP contribution in [0.25, 0.3) is 0 Å². The Morgan fingerprint density at radius 1 is 1.21 bits per heavy atom. The van der Waals surface area contributed by atoms with Crippen molar-refractivity contribution in [3.05, 3.63) is 35.4 Å². The molecule has 1 amide bonds. The maximum Gasteiger partial charge on any atom is 0.239 e. The first-order valence-corrected chi connectivity index (χ1v) is 7.47. The minimum Gasteiger partial charge on any atom is -0.304 e. The Morgan fingerprint density at radius 2 is 1.84 bits per heavy atom. The van der Waals surface area contributed by atoms with Crippen LogP contribution in [0, 0.1) is 12.8 Å². The maximum absolute atomic E-state index is 11.8. The van der Waals surface area contributed by atoms with Crippen LogP contribution < -0.4 is 5.32 Å². The Kier molecular flexibility index (Phi) is 4.30. The lowest BCUT2D eigenvalue weighted by molar-refractivity contribution is -0.119. The number of nitrogens with zero attached hydrogens (tertiary/aromatic N) is 1. The van der Waals surface area contributed by atoms with Gasteiger partial charge in [0.1, 0.15) is 0 Å². The van der Waals surface area contributed by atoms with Gasteiger partial charge < -0.3 is 5.32 Å². The fourth-order valence-corrected chi connectivity index (χ4v) is 3.03. The van der Waals surface area contributed by atoms with Crippen LogP contribution in [-0.2, 0) is 4.79 Å². The number of aryl methyl sites for hydroxylation is 1. The molecule has 1 aromatic carbocycles. The van der Waals surface area contributed by atoms with Crippen molar-refractivity contribution in [3.63, 3.8) is 0 Å². The summed E-state index contributed by atoms with van der Waals surface area (Å²) in [5.41, 5.74) is 2.41. The molecular weight excluding hydrogens is 256 g/mol. The molecule has 0 bridgehead atoms. The number of carbonyl (C=O) groups excluding carboxylic acids is 1. The van der Waals surface area contributed by atoms with E-state index in [4.69, 9.17) is 0 Å². The average molecular weight is 276 g/mol. The molecule has 0 aliphatic carbocycles. The van der Waals surface area contributed by atoms with Crippen molar-refractivity contribution in [1.82, 2.24) is 5.32 Å². The summed E-state index contributed by atoms with van der Waals surface area (Å²) in [6.07, 6.45) is 0. The van der Waals surface area contributed by atoms with E-state index in [2.05, 4.69) is 55.3 Å². The molecule has 1 saturated heterocycles. The van der Waals surface area contributed by atoms with Crippen molar-refractivity contribution in [2.24, 2.45) is 10.9 Å². The van der Waals surface area contributed by atoms with Crippen molar-refractivity contribution in [1.29, 1.82) is 0 Å². The second-order valence-corrected chi connectivity index (χ2v) is 6.42. The molecule has 2 atom stereocenters. The Labute approximate surface area is 118 Å². The summed E-state index contributed by atoms with van der Waals surface area (Å²) in [5, 5.41) is 3.61. The van der Waals surface area contributed by atoms with E-state index in [1.165, 1.54) is 11.1 Å². The van der Waals surface area contributed by atoms with E-state index in [-0.39, 0.29) is 17.2 Å². The number of rotatable bonds is 3. The molecule has 3 nitrogen and oxygen atoms in total. The second-order valence-electron chi connectivity index (χ2n) is 5.29. The molecule has 2 rings (SSSR count). The summed E-state index contributed by atoms with van der Waals surface area (Å²) >= 11 is 1.54. The second kappa shape index (κ2) is 5.78. The van der Waals surface area contributed by atoms with Crippen molar-refractivity contribution >= 4 is 22.8 Å². The summed E-state index contributed by atoms with van der Waals surface area (Å²) < 4.78 is 0. The van der Waals surface area contributed by atoms with Crippen LogP contribution in [0.15, 0.2) is 29.3 Å². The standard InChI is InChI=1S/C15H20N2OS/c1-9(2)13-14(18)17-15(19-13)16-11(4)12-7-5-10(3)6-8-12/h5-9,11,13H,1-4H3,(H,16,17,18)/t11-,13+/m1/s1. The number of nitrogens with one attached hydrogen (secondary N) is 1. The van der Waals surface area contributed by atoms with E-state index in [0.29, 0.717) is 5.92 Å². The number of aliphatic imine (C=N–C) groups is 1. The van der Waals surface area contributed by atoms with Gasteiger partial charge in [0, 0.05) is 0 Å². The fraction of sp³-hybridized carbons (Fsp3) is 0.467. The van der Waals surface area contributed by atoms with Crippen LogP contribution in [0.4, 0.5) is 0 Å². The zero-order valence-electron chi connectivity index (χ0n) is 11.8. The van der Waals surface area contributed by atoms with Gasteiger partial charge in [-0.15, -0.1) is 0 Å². The highest BCUT2D eigenvalue weighted by Crippen LogP contribution is 2.28. The number of amides is 1. The van der Waals surface area contributed by atoms with Gasteiger partial charge >= 0.3 is 0 Å². The number of hydrogen-bond donors (Lipinski definition) is 1. The lowest BCUT2D eigenvalue weighted by atomic mass is 10.1. The zero-order chi connectivity index (χ0) is 14.0.